The minimum Gasteiger partial charge on any atom is -0.493 e. The van der Waals surface area contributed by atoms with Crippen LogP contribution in [-0.2, 0) is 21.5 Å². The van der Waals surface area contributed by atoms with E-state index in [4.69, 9.17) is 16.3 Å². The Morgan fingerprint density at radius 2 is 1.61 bits per heavy atom. The topological polar surface area (TPSA) is 49.9 Å². The van der Waals surface area contributed by atoms with Crippen LogP contribution in [0.1, 0.15) is 56.1 Å². The van der Waals surface area contributed by atoms with E-state index in [1.165, 1.54) is 6.07 Å². The molecule has 0 aromatic heterocycles. The number of ether oxygens (including phenoxy) is 1. The molecule has 216 valence electrons. The molecule has 1 saturated carbocycles. The number of nitrogens with zero attached hydrogens (tertiary/aromatic N) is 2. The lowest BCUT2D eigenvalue weighted by Gasteiger charge is -2.45. The molecular formula is C34H38ClFN2O3. The van der Waals surface area contributed by atoms with Crippen molar-refractivity contribution in [3.8, 4) is 5.75 Å². The monoisotopic (exact) mass is 576 g/mol. The Morgan fingerprint density at radius 1 is 0.927 bits per heavy atom. The molecule has 0 spiro atoms. The van der Waals surface area contributed by atoms with Crippen LogP contribution in [-0.4, -0.2) is 48.4 Å². The molecule has 5 rings (SSSR count). The molecule has 2 amide bonds. The second-order valence-corrected chi connectivity index (χ2v) is 12.2. The number of carbonyl (C=O) groups excluding carboxylic acids is 2. The number of piperidine rings is 1. The summed E-state index contributed by atoms with van der Waals surface area (Å²) in [5.41, 5.74) is 0.113. The van der Waals surface area contributed by atoms with Crippen molar-refractivity contribution in [3.63, 3.8) is 0 Å². The predicted octanol–water partition coefficient (Wildman–Crippen LogP) is 7.03. The summed E-state index contributed by atoms with van der Waals surface area (Å²) in [5.74, 6) is 0.323. The van der Waals surface area contributed by atoms with Gasteiger partial charge in [0.05, 0.1) is 12.0 Å². The van der Waals surface area contributed by atoms with Crippen LogP contribution in [0.25, 0.3) is 0 Å². The van der Waals surface area contributed by atoms with Crippen molar-refractivity contribution in [1.82, 2.24) is 9.80 Å². The Kier molecular flexibility index (Phi) is 8.98. The SMILES string of the molecule is CN(Cc1ccccc1)C(=O)C[C@@]1(COc2ccc(Cl)cc2)CCCN(C(=O)C2(c3ccccc3F)CCCC2)C1. The van der Waals surface area contributed by atoms with E-state index >= 15 is 4.39 Å². The molecule has 2 aliphatic rings. The van der Waals surface area contributed by atoms with Crippen LogP contribution in [0.3, 0.4) is 0 Å². The molecule has 1 aliphatic heterocycles. The Morgan fingerprint density at radius 3 is 2.32 bits per heavy atom. The molecule has 3 aromatic rings. The minimum absolute atomic E-state index is 0.00698. The minimum atomic E-state index is -0.862. The fourth-order valence-corrected chi connectivity index (χ4v) is 6.72. The lowest BCUT2D eigenvalue weighted by Crippen LogP contribution is -2.55. The third-order valence-electron chi connectivity index (χ3n) is 8.78. The number of carbonyl (C=O) groups is 2. The van der Waals surface area contributed by atoms with Crippen LogP contribution < -0.4 is 4.74 Å². The molecule has 5 nitrogen and oxygen atoms in total. The maximum atomic E-state index is 15.1. The second kappa shape index (κ2) is 12.6. The summed E-state index contributed by atoms with van der Waals surface area (Å²) in [6.07, 6.45) is 4.80. The highest BCUT2D eigenvalue weighted by molar-refractivity contribution is 6.30. The first-order valence-corrected chi connectivity index (χ1v) is 14.9. The Bertz CT molecular complexity index is 1340. The fraction of sp³-hybridized carbons (Fsp3) is 0.412. The molecular weight excluding hydrogens is 539 g/mol. The maximum Gasteiger partial charge on any atom is 0.233 e. The summed E-state index contributed by atoms with van der Waals surface area (Å²) >= 11 is 6.07. The molecule has 0 unspecified atom stereocenters. The van der Waals surface area contributed by atoms with E-state index in [0.717, 1.165) is 31.2 Å². The van der Waals surface area contributed by atoms with Gasteiger partial charge in [-0.15, -0.1) is 0 Å². The molecule has 2 fully saturated rings. The standard InChI is InChI=1S/C34H38ClFN2O3/c1-37(23-26-10-3-2-4-11-26)31(39)22-33(25-41-28-16-14-27(35)15-17-28)18-9-21-38(24-33)32(40)34(19-7-8-20-34)29-12-5-6-13-30(29)36/h2-6,10-17H,7-9,18-25H2,1H3/t33-/m0/s1. The lowest BCUT2D eigenvalue weighted by molar-refractivity contribution is -0.145. The first kappa shape index (κ1) is 29.1. The Hall–Kier alpha value is -3.38. The van der Waals surface area contributed by atoms with E-state index in [9.17, 15) is 9.59 Å². The van der Waals surface area contributed by atoms with Crippen molar-refractivity contribution in [1.29, 1.82) is 0 Å². The highest BCUT2D eigenvalue weighted by atomic mass is 35.5. The van der Waals surface area contributed by atoms with Crippen molar-refractivity contribution >= 4 is 23.4 Å². The molecule has 1 atom stereocenters. The van der Waals surface area contributed by atoms with Crippen molar-refractivity contribution < 1.29 is 18.7 Å². The number of benzene rings is 3. The van der Waals surface area contributed by atoms with E-state index in [2.05, 4.69) is 0 Å². The van der Waals surface area contributed by atoms with Crippen molar-refractivity contribution in [2.45, 2.75) is 56.9 Å². The molecule has 0 bridgehead atoms. The summed E-state index contributed by atoms with van der Waals surface area (Å²) in [6.45, 7) is 1.77. The van der Waals surface area contributed by atoms with E-state index in [1.54, 1.807) is 29.2 Å². The van der Waals surface area contributed by atoms with Gasteiger partial charge in [0.1, 0.15) is 11.6 Å². The molecule has 7 heteroatoms. The van der Waals surface area contributed by atoms with Crippen LogP contribution in [0.5, 0.6) is 5.75 Å². The largest absolute Gasteiger partial charge is 0.493 e. The maximum absolute atomic E-state index is 15.1. The third-order valence-corrected chi connectivity index (χ3v) is 9.03. The van der Waals surface area contributed by atoms with Crippen LogP contribution >= 0.6 is 11.6 Å². The summed E-state index contributed by atoms with van der Waals surface area (Å²) in [6, 6.07) is 23.8. The average molecular weight is 577 g/mol. The second-order valence-electron chi connectivity index (χ2n) is 11.8. The summed E-state index contributed by atoms with van der Waals surface area (Å²) < 4.78 is 21.4. The zero-order valence-electron chi connectivity index (χ0n) is 23.7. The molecule has 0 N–H and O–H groups in total. The summed E-state index contributed by atoms with van der Waals surface area (Å²) in [7, 11) is 1.82. The molecule has 0 radical (unpaired) electrons. The van der Waals surface area contributed by atoms with Gasteiger partial charge in [-0.1, -0.05) is 73.0 Å². The van der Waals surface area contributed by atoms with E-state index in [-0.39, 0.29) is 30.7 Å². The van der Waals surface area contributed by atoms with E-state index in [1.807, 2.05) is 60.5 Å². The number of rotatable bonds is 9. The van der Waals surface area contributed by atoms with Gasteiger partial charge in [-0.05, 0) is 61.6 Å². The normalized spacial score (nSPS) is 20.0. The molecule has 1 heterocycles. The van der Waals surface area contributed by atoms with Crippen molar-refractivity contribution in [3.05, 3.63) is 101 Å². The first-order valence-electron chi connectivity index (χ1n) is 14.5. The van der Waals surface area contributed by atoms with Crippen LogP contribution in [0, 0.1) is 11.2 Å². The average Bonchev–Trinajstić information content (AvgIpc) is 3.48. The van der Waals surface area contributed by atoms with Crippen molar-refractivity contribution in [2.75, 3.05) is 26.7 Å². The predicted molar refractivity (Wildman–Crippen MR) is 159 cm³/mol. The number of likely N-dealkylation sites (tertiary alicyclic amines) is 1. The van der Waals surface area contributed by atoms with Gasteiger partial charge in [0.25, 0.3) is 0 Å². The van der Waals surface area contributed by atoms with Crippen molar-refractivity contribution in [2.24, 2.45) is 5.41 Å². The van der Waals surface area contributed by atoms with Gasteiger partial charge in [-0.2, -0.15) is 0 Å². The fourth-order valence-electron chi connectivity index (χ4n) is 6.59. The third kappa shape index (κ3) is 6.59. The quantitative estimate of drug-likeness (QED) is 0.275. The van der Waals surface area contributed by atoms with Crippen LogP contribution in [0.4, 0.5) is 4.39 Å². The van der Waals surface area contributed by atoms with E-state index in [0.29, 0.717) is 48.8 Å². The Balaban J connectivity index is 1.39. The Labute approximate surface area is 247 Å². The number of amides is 2. The summed E-state index contributed by atoms with van der Waals surface area (Å²) in [5, 5.41) is 0.620. The highest BCUT2D eigenvalue weighted by Gasteiger charge is 2.49. The van der Waals surface area contributed by atoms with Gasteiger partial charge in [0, 0.05) is 49.1 Å². The molecule has 3 aromatic carbocycles. The van der Waals surface area contributed by atoms with Gasteiger partial charge in [0.2, 0.25) is 11.8 Å². The van der Waals surface area contributed by atoms with Gasteiger partial charge < -0.3 is 14.5 Å². The molecule has 1 aliphatic carbocycles. The molecule has 1 saturated heterocycles. The number of hydrogen-bond donors (Lipinski definition) is 0. The molecule has 41 heavy (non-hydrogen) atoms. The summed E-state index contributed by atoms with van der Waals surface area (Å²) in [4.78, 5) is 31.6. The van der Waals surface area contributed by atoms with Gasteiger partial charge >= 0.3 is 0 Å². The lowest BCUT2D eigenvalue weighted by atomic mass is 9.73. The van der Waals surface area contributed by atoms with Gasteiger partial charge in [-0.25, -0.2) is 4.39 Å². The van der Waals surface area contributed by atoms with Crippen LogP contribution in [0.15, 0.2) is 78.9 Å². The van der Waals surface area contributed by atoms with Crippen LogP contribution in [0.2, 0.25) is 5.02 Å². The number of hydrogen-bond acceptors (Lipinski definition) is 3. The first-order chi connectivity index (χ1) is 19.8. The smallest absolute Gasteiger partial charge is 0.233 e. The number of halogens is 2. The van der Waals surface area contributed by atoms with Gasteiger partial charge in [-0.3, -0.25) is 9.59 Å². The van der Waals surface area contributed by atoms with Gasteiger partial charge in [0.15, 0.2) is 0 Å². The zero-order chi connectivity index (χ0) is 28.9. The van der Waals surface area contributed by atoms with E-state index < -0.39 is 10.8 Å². The zero-order valence-corrected chi connectivity index (χ0v) is 24.4. The highest BCUT2D eigenvalue weighted by Crippen LogP contribution is 2.45.